The molecule has 2 aromatic carbocycles. The first-order valence-corrected chi connectivity index (χ1v) is 9.17. The molecule has 0 atom stereocenters. The predicted octanol–water partition coefficient (Wildman–Crippen LogP) is 3.45. The summed E-state index contributed by atoms with van der Waals surface area (Å²) < 4.78 is 6.46. The molecule has 0 aliphatic rings. The van der Waals surface area contributed by atoms with E-state index in [2.05, 4.69) is 20.9 Å². The fourth-order valence-corrected chi connectivity index (χ4v) is 2.83. The van der Waals surface area contributed by atoms with Gasteiger partial charge in [0, 0.05) is 16.4 Å². The molecule has 0 unspecified atom stereocenters. The summed E-state index contributed by atoms with van der Waals surface area (Å²) in [6.45, 7) is 3.42. The monoisotopic (exact) mass is 413 g/mol. The van der Waals surface area contributed by atoms with E-state index in [1.165, 1.54) is 4.68 Å². The molecule has 0 bridgehead atoms. The van der Waals surface area contributed by atoms with Crippen LogP contribution in [0.5, 0.6) is 5.75 Å². The summed E-state index contributed by atoms with van der Waals surface area (Å²) in [6.07, 6.45) is 0. The highest BCUT2D eigenvalue weighted by Crippen LogP contribution is 2.23. The third-order valence-electron chi connectivity index (χ3n) is 4.38. The summed E-state index contributed by atoms with van der Waals surface area (Å²) in [5, 5.41) is 13.9. The molecule has 150 valence electrons. The van der Waals surface area contributed by atoms with E-state index in [1.54, 1.807) is 56.5 Å². The van der Waals surface area contributed by atoms with Gasteiger partial charge in [-0.15, -0.1) is 5.10 Å². The summed E-state index contributed by atoms with van der Waals surface area (Å²) in [6, 6.07) is 12.2. The quantitative estimate of drug-likeness (QED) is 0.645. The van der Waals surface area contributed by atoms with Gasteiger partial charge in [-0.25, -0.2) is 4.68 Å². The number of hydrogen-bond donors (Lipinski definition) is 2. The predicted molar refractivity (Wildman–Crippen MR) is 111 cm³/mol. The Morgan fingerprint density at radius 1 is 1.10 bits per heavy atom. The van der Waals surface area contributed by atoms with Crippen LogP contribution in [-0.4, -0.2) is 33.9 Å². The first-order chi connectivity index (χ1) is 13.9. The smallest absolute Gasteiger partial charge is 0.278 e. The molecule has 8 nitrogen and oxygen atoms in total. The highest BCUT2D eigenvalue weighted by Gasteiger charge is 2.18. The van der Waals surface area contributed by atoms with E-state index in [-0.39, 0.29) is 18.1 Å². The minimum absolute atomic E-state index is 0.0827. The van der Waals surface area contributed by atoms with Crippen molar-refractivity contribution in [2.45, 2.75) is 20.4 Å². The number of nitrogens with one attached hydrogen (secondary N) is 2. The number of ether oxygens (including phenoxy) is 1. The number of benzene rings is 2. The molecule has 0 radical (unpaired) electrons. The Labute approximate surface area is 172 Å². The second kappa shape index (κ2) is 8.74. The van der Waals surface area contributed by atoms with Gasteiger partial charge in [-0.2, -0.15) is 0 Å². The van der Waals surface area contributed by atoms with Gasteiger partial charge in [0.1, 0.15) is 12.3 Å². The van der Waals surface area contributed by atoms with Gasteiger partial charge in [0.15, 0.2) is 5.69 Å². The molecule has 1 heterocycles. The third kappa shape index (κ3) is 4.72. The molecule has 0 spiro atoms. The summed E-state index contributed by atoms with van der Waals surface area (Å²) in [5.74, 6) is -0.0263. The molecule has 3 rings (SSSR count). The Morgan fingerprint density at radius 3 is 2.52 bits per heavy atom. The molecule has 2 N–H and O–H groups in total. The van der Waals surface area contributed by atoms with Gasteiger partial charge < -0.3 is 15.4 Å². The minimum atomic E-state index is -0.412. The van der Waals surface area contributed by atoms with Crippen LogP contribution in [-0.2, 0) is 11.3 Å². The third-order valence-corrected chi connectivity index (χ3v) is 4.79. The molecule has 2 amide bonds. The lowest BCUT2D eigenvalue weighted by atomic mass is 10.2. The van der Waals surface area contributed by atoms with E-state index in [1.807, 2.05) is 6.92 Å². The molecule has 29 heavy (non-hydrogen) atoms. The maximum Gasteiger partial charge on any atom is 0.278 e. The van der Waals surface area contributed by atoms with Crippen molar-refractivity contribution in [3.05, 3.63) is 64.4 Å². The number of rotatable bonds is 6. The largest absolute Gasteiger partial charge is 0.497 e. The Balaban J connectivity index is 1.67. The van der Waals surface area contributed by atoms with Crippen molar-refractivity contribution in [1.29, 1.82) is 0 Å². The molecule has 0 aliphatic carbocycles. The molecular formula is C20H20ClN5O3. The number of hydrogen-bond acceptors (Lipinski definition) is 5. The van der Waals surface area contributed by atoms with Gasteiger partial charge in [0.25, 0.3) is 5.91 Å². The zero-order valence-electron chi connectivity index (χ0n) is 16.2. The first-order valence-electron chi connectivity index (χ1n) is 8.79. The van der Waals surface area contributed by atoms with Gasteiger partial charge in [-0.1, -0.05) is 22.9 Å². The van der Waals surface area contributed by atoms with Crippen molar-refractivity contribution in [3.8, 4) is 5.75 Å². The van der Waals surface area contributed by atoms with Gasteiger partial charge >= 0.3 is 0 Å². The fraction of sp³-hybridized carbons (Fsp3) is 0.200. The van der Waals surface area contributed by atoms with Crippen molar-refractivity contribution in [2.75, 3.05) is 17.7 Å². The lowest BCUT2D eigenvalue weighted by molar-refractivity contribution is -0.117. The normalized spacial score (nSPS) is 10.5. The van der Waals surface area contributed by atoms with E-state index in [0.29, 0.717) is 27.8 Å². The second-order valence-electron chi connectivity index (χ2n) is 6.32. The molecule has 1 aromatic heterocycles. The van der Waals surface area contributed by atoms with E-state index in [0.717, 1.165) is 5.56 Å². The van der Waals surface area contributed by atoms with E-state index in [4.69, 9.17) is 16.3 Å². The van der Waals surface area contributed by atoms with Crippen molar-refractivity contribution >= 4 is 34.8 Å². The van der Waals surface area contributed by atoms with Crippen LogP contribution in [0.3, 0.4) is 0 Å². The minimum Gasteiger partial charge on any atom is -0.497 e. The average molecular weight is 414 g/mol. The van der Waals surface area contributed by atoms with E-state index < -0.39 is 5.91 Å². The topological polar surface area (TPSA) is 98.1 Å². The van der Waals surface area contributed by atoms with Crippen LogP contribution < -0.4 is 15.4 Å². The molecule has 0 aliphatic heterocycles. The van der Waals surface area contributed by atoms with Crippen LogP contribution in [0.15, 0.2) is 42.5 Å². The van der Waals surface area contributed by atoms with Crippen LogP contribution in [0.1, 0.15) is 21.7 Å². The highest BCUT2D eigenvalue weighted by atomic mass is 35.5. The number of nitrogens with zero attached hydrogens (tertiary/aromatic N) is 3. The lowest BCUT2D eigenvalue weighted by Crippen LogP contribution is -2.21. The number of anilines is 2. The fourth-order valence-electron chi connectivity index (χ4n) is 2.65. The number of carbonyl (C=O) groups excluding carboxylic acids is 2. The van der Waals surface area contributed by atoms with Crippen LogP contribution in [0, 0.1) is 13.8 Å². The molecule has 0 saturated heterocycles. The Bertz CT molecular complexity index is 1050. The van der Waals surface area contributed by atoms with Crippen molar-refractivity contribution in [1.82, 2.24) is 15.0 Å². The lowest BCUT2D eigenvalue weighted by Gasteiger charge is -2.10. The Kier molecular flexibility index (Phi) is 6.13. The van der Waals surface area contributed by atoms with Gasteiger partial charge in [-0.3, -0.25) is 9.59 Å². The summed E-state index contributed by atoms with van der Waals surface area (Å²) in [4.78, 5) is 24.9. The van der Waals surface area contributed by atoms with Gasteiger partial charge in [-0.05, 0) is 55.8 Å². The maximum absolute atomic E-state index is 12.5. The number of carbonyl (C=O) groups is 2. The summed E-state index contributed by atoms with van der Waals surface area (Å²) in [7, 11) is 1.57. The SMILES string of the molecule is COc1ccc(NC(=O)c2nnn(CC(=O)Nc3cccc(Cl)c3C)c2C)cc1. The Hall–Kier alpha value is -3.39. The average Bonchev–Trinajstić information content (AvgIpc) is 3.06. The van der Waals surface area contributed by atoms with Crippen LogP contribution in [0.2, 0.25) is 5.02 Å². The van der Waals surface area contributed by atoms with Crippen LogP contribution in [0.25, 0.3) is 0 Å². The summed E-state index contributed by atoms with van der Waals surface area (Å²) in [5.41, 5.74) is 2.62. The summed E-state index contributed by atoms with van der Waals surface area (Å²) >= 11 is 6.07. The first kappa shape index (κ1) is 20.3. The molecule has 0 fully saturated rings. The number of halogens is 1. The highest BCUT2D eigenvalue weighted by molar-refractivity contribution is 6.31. The van der Waals surface area contributed by atoms with Gasteiger partial charge in [0.05, 0.1) is 12.8 Å². The zero-order valence-corrected chi connectivity index (χ0v) is 16.9. The molecule has 3 aromatic rings. The number of aromatic nitrogens is 3. The van der Waals surface area contributed by atoms with Crippen molar-refractivity contribution < 1.29 is 14.3 Å². The van der Waals surface area contributed by atoms with Gasteiger partial charge in [0.2, 0.25) is 5.91 Å². The number of methoxy groups -OCH3 is 1. The van der Waals surface area contributed by atoms with Crippen LogP contribution >= 0.6 is 11.6 Å². The zero-order chi connectivity index (χ0) is 21.0. The van der Waals surface area contributed by atoms with Crippen LogP contribution in [0.4, 0.5) is 11.4 Å². The number of amides is 2. The second-order valence-corrected chi connectivity index (χ2v) is 6.73. The van der Waals surface area contributed by atoms with E-state index in [9.17, 15) is 9.59 Å². The standard InChI is InChI=1S/C20H20ClN5O3/c1-12-16(21)5-4-6-17(12)23-18(27)11-26-13(2)19(24-25-26)20(28)22-14-7-9-15(29-3)10-8-14/h4-10H,11H2,1-3H3,(H,22,28)(H,23,27). The van der Waals surface area contributed by atoms with Crippen molar-refractivity contribution in [2.24, 2.45) is 0 Å². The van der Waals surface area contributed by atoms with E-state index >= 15 is 0 Å². The maximum atomic E-state index is 12.5. The molecule has 9 heteroatoms. The molecular weight excluding hydrogens is 394 g/mol. The Morgan fingerprint density at radius 2 is 1.83 bits per heavy atom. The molecule has 0 saturated carbocycles. The van der Waals surface area contributed by atoms with Crippen molar-refractivity contribution in [3.63, 3.8) is 0 Å².